The molecule has 0 aliphatic rings. The molecule has 0 radical (unpaired) electrons. The second kappa shape index (κ2) is 61.1. The average Bonchev–Trinajstić information content (AvgIpc) is 3.44. The summed E-state index contributed by atoms with van der Waals surface area (Å²) < 4.78 is 30.8. The molecule has 10 heteroatoms. The fourth-order valence-electron chi connectivity index (χ4n) is 10.3. The Hall–Kier alpha value is -2.03. The molecule has 9 nitrogen and oxygen atoms in total. The summed E-state index contributed by atoms with van der Waals surface area (Å²) >= 11 is 0. The van der Waals surface area contributed by atoms with E-state index < -0.39 is 20.0 Å². The second-order valence-corrected chi connectivity index (χ2v) is 26.5. The van der Waals surface area contributed by atoms with E-state index in [9.17, 15) is 19.0 Å². The summed E-state index contributed by atoms with van der Waals surface area (Å²) in [5.41, 5.74) is 0. The van der Waals surface area contributed by atoms with E-state index in [1.807, 2.05) is 33.3 Å². The van der Waals surface area contributed by atoms with Gasteiger partial charge in [0, 0.05) is 12.8 Å². The number of amides is 1. The molecule has 0 rings (SSSR count). The van der Waals surface area contributed by atoms with Crippen molar-refractivity contribution >= 4 is 19.7 Å². The van der Waals surface area contributed by atoms with Crippen LogP contribution in [-0.2, 0) is 27.9 Å². The van der Waals surface area contributed by atoms with Crippen molar-refractivity contribution in [1.29, 1.82) is 0 Å². The molecule has 0 aromatic heterocycles. The number of likely N-dealkylation sites (N-methyl/N-ethyl adjacent to an activating group) is 1. The highest BCUT2D eigenvalue weighted by Crippen LogP contribution is 2.43. The van der Waals surface area contributed by atoms with Crippen LogP contribution >= 0.6 is 7.82 Å². The number of carbonyl (C=O) groups is 2. The van der Waals surface area contributed by atoms with Gasteiger partial charge in [0.15, 0.2) is 0 Å². The smallest absolute Gasteiger partial charge is 0.456 e. The molecular formula is C71H136N2O7P+. The lowest BCUT2D eigenvalue weighted by Gasteiger charge is -2.27. The monoisotopic (exact) mass is 1160 g/mol. The number of ether oxygens (including phenoxy) is 1. The number of nitrogens with one attached hydrogen (secondary N) is 1. The van der Waals surface area contributed by atoms with Crippen LogP contribution < -0.4 is 5.32 Å². The maximum Gasteiger partial charge on any atom is 0.472 e. The van der Waals surface area contributed by atoms with E-state index in [0.717, 1.165) is 77.0 Å². The van der Waals surface area contributed by atoms with Crippen LogP contribution in [0.4, 0.5) is 0 Å². The number of esters is 1. The minimum atomic E-state index is -4.45. The normalized spacial score (nSPS) is 13.8. The van der Waals surface area contributed by atoms with E-state index in [-0.39, 0.29) is 25.1 Å². The summed E-state index contributed by atoms with van der Waals surface area (Å²) in [6.07, 6.45) is 76.9. The Labute approximate surface area is 503 Å². The molecule has 3 atom stereocenters. The Bertz CT molecular complexity index is 1520. The molecule has 0 aromatic carbocycles. The largest absolute Gasteiger partial charge is 0.472 e. The lowest BCUT2D eigenvalue weighted by atomic mass is 10.0. The zero-order valence-corrected chi connectivity index (χ0v) is 55.4. The maximum absolute atomic E-state index is 13.6. The van der Waals surface area contributed by atoms with Crippen molar-refractivity contribution in [3.63, 3.8) is 0 Å². The highest BCUT2D eigenvalue weighted by molar-refractivity contribution is 7.47. The predicted molar refractivity (Wildman–Crippen MR) is 351 cm³/mol. The van der Waals surface area contributed by atoms with Crippen molar-refractivity contribution in [2.75, 3.05) is 40.9 Å². The van der Waals surface area contributed by atoms with E-state index in [2.05, 4.69) is 62.5 Å². The molecule has 0 spiro atoms. The van der Waals surface area contributed by atoms with Crippen molar-refractivity contribution in [2.45, 2.75) is 354 Å². The van der Waals surface area contributed by atoms with Crippen LogP contribution in [0, 0.1) is 0 Å². The van der Waals surface area contributed by atoms with Crippen molar-refractivity contribution in [3.05, 3.63) is 48.6 Å². The van der Waals surface area contributed by atoms with Crippen molar-refractivity contribution in [3.8, 4) is 0 Å². The van der Waals surface area contributed by atoms with Crippen LogP contribution in [0.25, 0.3) is 0 Å². The van der Waals surface area contributed by atoms with Gasteiger partial charge in [0.1, 0.15) is 19.3 Å². The van der Waals surface area contributed by atoms with Gasteiger partial charge < -0.3 is 19.4 Å². The Morgan fingerprint density at radius 1 is 0.432 bits per heavy atom. The molecule has 0 heterocycles. The topological polar surface area (TPSA) is 111 Å². The fraction of sp³-hybridized carbons (Fsp3) is 0.859. The molecule has 0 saturated carbocycles. The quantitative estimate of drug-likeness (QED) is 0.0205. The Morgan fingerprint density at radius 3 is 1.15 bits per heavy atom. The summed E-state index contributed by atoms with van der Waals surface area (Å²) in [5, 5.41) is 3.07. The second-order valence-electron chi connectivity index (χ2n) is 25.0. The van der Waals surface area contributed by atoms with Crippen LogP contribution in [0.2, 0.25) is 0 Å². The van der Waals surface area contributed by atoms with E-state index in [0.29, 0.717) is 23.9 Å². The first-order valence-electron chi connectivity index (χ1n) is 35.0. The third-order valence-electron chi connectivity index (χ3n) is 15.7. The maximum atomic E-state index is 13.6. The van der Waals surface area contributed by atoms with Gasteiger partial charge in [0.2, 0.25) is 5.91 Å². The standard InChI is InChI=1S/C71H135N2O7P/c1-7-10-13-16-19-22-25-28-30-32-33-34-35-36-37-38-39-41-43-46-49-52-55-58-61-64-71(75)80-69(62-59-56-53-50-47-44-27-24-21-18-15-12-9-3)68(67-79-81(76,77)78-66-65-73(4,5)6)72-70(74)63-60-57-54-51-48-45-42-40-31-29-26-23-20-17-14-11-8-2/h20,23,28-31,59,62,68-69H,7-19,21-22,24-27,32-58,60-61,63-67H2,1-6H3,(H-,72,74,76,77)/p+1/b23-20-,30-28+,31-29-,62-59-. The number of allylic oxidation sites excluding steroid dienone is 7. The molecule has 0 fully saturated rings. The van der Waals surface area contributed by atoms with Crippen LogP contribution in [-0.4, -0.2) is 74.3 Å². The summed E-state index contributed by atoms with van der Waals surface area (Å²) in [5.74, 6) is -0.499. The number of nitrogens with zero attached hydrogens (tertiary/aromatic N) is 1. The van der Waals surface area contributed by atoms with Gasteiger partial charge in [-0.3, -0.25) is 18.6 Å². The number of unbranched alkanes of at least 4 members (excludes halogenated alkanes) is 42. The zero-order valence-electron chi connectivity index (χ0n) is 54.5. The number of carbonyl (C=O) groups excluding carboxylic acids is 2. The first-order chi connectivity index (χ1) is 39.4. The molecule has 1 amide bonds. The third-order valence-corrected chi connectivity index (χ3v) is 16.7. The van der Waals surface area contributed by atoms with E-state index in [1.54, 1.807) is 0 Å². The van der Waals surface area contributed by atoms with Gasteiger partial charge in [-0.05, 0) is 89.5 Å². The number of hydrogen-bond donors (Lipinski definition) is 2. The SMILES string of the molecule is CCCCC/C=C\C/C=C\CCCCCCCCCC(=O)NC(COP(=O)(O)OCC[N+](C)(C)C)C(/C=C\CCCCCCCCCCCCC)OC(=O)CCCCCCCCCCCCCCCCC/C=C/CCCCCCCC. The van der Waals surface area contributed by atoms with Crippen LogP contribution in [0.5, 0.6) is 0 Å². The van der Waals surface area contributed by atoms with E-state index in [4.69, 9.17) is 13.8 Å². The number of phosphoric ester groups is 1. The number of rotatable bonds is 64. The lowest BCUT2D eigenvalue weighted by Crippen LogP contribution is -2.47. The Kier molecular flexibility index (Phi) is 59.5. The van der Waals surface area contributed by atoms with Gasteiger partial charge in [0.05, 0.1) is 33.8 Å². The van der Waals surface area contributed by atoms with Crippen LogP contribution in [0.3, 0.4) is 0 Å². The van der Waals surface area contributed by atoms with Gasteiger partial charge in [-0.15, -0.1) is 0 Å². The summed E-state index contributed by atoms with van der Waals surface area (Å²) in [7, 11) is 1.50. The van der Waals surface area contributed by atoms with Crippen LogP contribution in [0.15, 0.2) is 48.6 Å². The highest BCUT2D eigenvalue weighted by Gasteiger charge is 2.30. The summed E-state index contributed by atoms with van der Waals surface area (Å²) in [6.45, 7) is 7.02. The lowest BCUT2D eigenvalue weighted by molar-refractivity contribution is -0.870. The highest BCUT2D eigenvalue weighted by atomic mass is 31.2. The Balaban J connectivity index is 5.08. The first kappa shape index (κ1) is 79.0. The van der Waals surface area contributed by atoms with Gasteiger partial charge in [-0.2, -0.15) is 0 Å². The first-order valence-corrected chi connectivity index (χ1v) is 36.5. The zero-order chi connectivity index (χ0) is 59.3. The number of quaternary nitrogens is 1. The van der Waals surface area contributed by atoms with Crippen molar-refractivity contribution in [1.82, 2.24) is 5.32 Å². The molecule has 0 aromatic rings. The van der Waals surface area contributed by atoms with Gasteiger partial charge in [0.25, 0.3) is 0 Å². The molecule has 0 aliphatic heterocycles. The number of hydrogen-bond acceptors (Lipinski definition) is 6. The predicted octanol–water partition coefficient (Wildman–Crippen LogP) is 22.0. The van der Waals surface area contributed by atoms with Crippen molar-refractivity contribution < 1.29 is 37.3 Å². The molecule has 2 N–H and O–H groups in total. The molecule has 0 saturated heterocycles. The summed E-state index contributed by atoms with van der Waals surface area (Å²) in [4.78, 5) is 37.9. The fourth-order valence-corrected chi connectivity index (χ4v) is 11.1. The van der Waals surface area contributed by atoms with Gasteiger partial charge in [-0.1, -0.05) is 288 Å². The Morgan fingerprint density at radius 2 is 0.753 bits per heavy atom. The third kappa shape index (κ3) is 62.3. The van der Waals surface area contributed by atoms with Gasteiger partial charge in [-0.25, -0.2) is 4.57 Å². The molecule has 0 aliphatic carbocycles. The molecule has 3 unspecified atom stereocenters. The molecular weight excluding hydrogens is 1020 g/mol. The van der Waals surface area contributed by atoms with E-state index in [1.165, 1.54) is 231 Å². The average molecular weight is 1160 g/mol. The molecule has 81 heavy (non-hydrogen) atoms. The molecule has 476 valence electrons. The summed E-state index contributed by atoms with van der Waals surface area (Å²) in [6, 6.07) is -0.852. The van der Waals surface area contributed by atoms with Crippen molar-refractivity contribution in [2.24, 2.45) is 0 Å². The minimum Gasteiger partial charge on any atom is -0.456 e. The van der Waals surface area contributed by atoms with Gasteiger partial charge >= 0.3 is 13.8 Å². The molecule has 0 bridgehead atoms. The number of phosphoric acid groups is 1. The van der Waals surface area contributed by atoms with Crippen LogP contribution in [0.1, 0.15) is 342 Å². The van der Waals surface area contributed by atoms with E-state index >= 15 is 0 Å². The minimum absolute atomic E-state index is 0.0397.